The van der Waals surface area contributed by atoms with Gasteiger partial charge in [0.2, 0.25) is 0 Å². The minimum Gasteiger partial charge on any atom is -0.469 e. The predicted molar refractivity (Wildman–Crippen MR) is 96.9 cm³/mol. The van der Waals surface area contributed by atoms with Crippen molar-refractivity contribution in [2.45, 2.75) is 96.4 Å². The highest BCUT2D eigenvalue weighted by atomic mass is 28.4. The highest BCUT2D eigenvalue weighted by Gasteiger charge is 2.67. The SMILES string of the molecule is COC(=O)[C@H]1C[C@]2(C)CCCCCC[C@]12O[Si](C)(C)C(C)(C)C. The number of methoxy groups -OCH3 is 1. The molecule has 23 heavy (non-hydrogen) atoms. The van der Waals surface area contributed by atoms with Gasteiger partial charge in [-0.25, -0.2) is 0 Å². The Labute approximate surface area is 143 Å². The lowest BCUT2D eigenvalue weighted by Gasteiger charge is -2.65. The Hall–Kier alpha value is -0.353. The molecule has 0 unspecified atom stereocenters. The van der Waals surface area contributed by atoms with Crippen LogP contribution in [0.25, 0.3) is 0 Å². The molecule has 2 saturated carbocycles. The van der Waals surface area contributed by atoms with Gasteiger partial charge in [-0.3, -0.25) is 4.79 Å². The molecule has 0 aliphatic heterocycles. The molecule has 2 aliphatic carbocycles. The van der Waals surface area contributed by atoms with E-state index in [-0.39, 0.29) is 27.9 Å². The van der Waals surface area contributed by atoms with Gasteiger partial charge in [-0.2, -0.15) is 0 Å². The van der Waals surface area contributed by atoms with Gasteiger partial charge in [0.05, 0.1) is 18.6 Å². The monoisotopic (exact) mass is 340 g/mol. The Morgan fingerprint density at radius 2 is 1.65 bits per heavy atom. The second kappa shape index (κ2) is 6.18. The summed E-state index contributed by atoms with van der Waals surface area (Å²) in [6.07, 6.45) is 8.10. The van der Waals surface area contributed by atoms with Crippen molar-refractivity contribution in [1.29, 1.82) is 0 Å². The molecule has 0 heterocycles. The summed E-state index contributed by atoms with van der Waals surface area (Å²) >= 11 is 0. The van der Waals surface area contributed by atoms with Gasteiger partial charge in [0.15, 0.2) is 8.32 Å². The number of rotatable bonds is 3. The van der Waals surface area contributed by atoms with Crippen LogP contribution in [0.15, 0.2) is 0 Å². The molecule has 0 spiro atoms. The maximum Gasteiger partial charge on any atom is 0.311 e. The lowest BCUT2D eigenvalue weighted by molar-refractivity contribution is -0.221. The third-order valence-electron chi connectivity index (χ3n) is 7.00. The fourth-order valence-corrected chi connectivity index (χ4v) is 6.10. The average molecular weight is 341 g/mol. The second-order valence-corrected chi connectivity index (χ2v) is 14.2. The van der Waals surface area contributed by atoms with E-state index in [2.05, 4.69) is 40.8 Å². The van der Waals surface area contributed by atoms with E-state index in [1.54, 1.807) is 0 Å². The molecule has 2 aliphatic rings. The van der Waals surface area contributed by atoms with Crippen molar-refractivity contribution in [3.63, 3.8) is 0 Å². The highest BCUT2D eigenvalue weighted by Crippen LogP contribution is 2.64. The van der Waals surface area contributed by atoms with Gasteiger partial charge < -0.3 is 9.16 Å². The van der Waals surface area contributed by atoms with Crippen LogP contribution in [0.4, 0.5) is 0 Å². The highest BCUT2D eigenvalue weighted by molar-refractivity contribution is 6.74. The van der Waals surface area contributed by atoms with Crippen molar-refractivity contribution < 1.29 is 14.0 Å². The summed E-state index contributed by atoms with van der Waals surface area (Å²) < 4.78 is 12.2. The average Bonchev–Trinajstić information content (AvgIpc) is 2.44. The molecule has 0 radical (unpaired) electrons. The van der Waals surface area contributed by atoms with Crippen LogP contribution in [0.1, 0.15) is 72.6 Å². The number of carbonyl (C=O) groups is 1. The molecule has 0 aromatic heterocycles. The Kier molecular flexibility index (Phi) is 5.10. The Morgan fingerprint density at radius 1 is 1.09 bits per heavy atom. The Morgan fingerprint density at radius 3 is 2.17 bits per heavy atom. The van der Waals surface area contributed by atoms with Crippen LogP contribution in [0, 0.1) is 11.3 Å². The third-order valence-corrected chi connectivity index (χ3v) is 11.5. The largest absolute Gasteiger partial charge is 0.469 e. The molecule has 2 fully saturated rings. The topological polar surface area (TPSA) is 35.5 Å². The molecule has 0 aromatic carbocycles. The molecule has 0 amide bonds. The summed E-state index contributed by atoms with van der Waals surface area (Å²) in [4.78, 5) is 12.4. The molecular weight excluding hydrogens is 304 g/mol. The van der Waals surface area contributed by atoms with Gasteiger partial charge in [-0.1, -0.05) is 53.4 Å². The first-order valence-corrected chi connectivity index (χ1v) is 12.2. The minimum absolute atomic E-state index is 0.0678. The number of ether oxygens (including phenoxy) is 1. The van der Waals surface area contributed by atoms with E-state index in [9.17, 15) is 4.79 Å². The van der Waals surface area contributed by atoms with Crippen LogP contribution >= 0.6 is 0 Å². The quantitative estimate of drug-likeness (QED) is 0.516. The summed E-state index contributed by atoms with van der Waals surface area (Å²) in [6, 6.07) is 0. The van der Waals surface area contributed by atoms with Crippen LogP contribution in [0.3, 0.4) is 0 Å². The zero-order chi connectivity index (χ0) is 17.5. The summed E-state index contributed by atoms with van der Waals surface area (Å²) in [5, 5.41) is 0.154. The van der Waals surface area contributed by atoms with E-state index in [4.69, 9.17) is 9.16 Å². The van der Waals surface area contributed by atoms with Gasteiger partial charge in [0.25, 0.3) is 0 Å². The van der Waals surface area contributed by atoms with Crippen molar-refractivity contribution in [2.75, 3.05) is 7.11 Å². The van der Waals surface area contributed by atoms with Crippen LogP contribution in [0.5, 0.6) is 0 Å². The Balaban J connectivity index is 2.39. The van der Waals surface area contributed by atoms with E-state index in [0.717, 1.165) is 19.3 Å². The van der Waals surface area contributed by atoms with Gasteiger partial charge in [-0.15, -0.1) is 0 Å². The first kappa shape index (κ1) is 19.0. The van der Waals surface area contributed by atoms with E-state index < -0.39 is 8.32 Å². The van der Waals surface area contributed by atoms with E-state index in [1.807, 2.05) is 0 Å². The van der Waals surface area contributed by atoms with Gasteiger partial charge in [-0.05, 0) is 42.8 Å². The normalized spacial score (nSPS) is 35.5. The second-order valence-electron chi connectivity index (χ2n) is 9.51. The number of fused-ring (bicyclic) bond motifs is 1. The standard InChI is InChI=1S/C19H36O3Si/c1-17(2,3)23(6,7)22-19-13-11-9-8-10-12-18(19,4)14-15(19)16(20)21-5/h15H,8-14H2,1-7H3/t15-,18+,19+/m1/s1. The molecule has 3 nitrogen and oxygen atoms in total. The molecular formula is C19H36O3Si. The maximum atomic E-state index is 12.4. The lowest BCUT2D eigenvalue weighted by Crippen LogP contribution is -2.70. The molecule has 2 rings (SSSR count). The van der Waals surface area contributed by atoms with Crippen molar-refractivity contribution in [3.8, 4) is 0 Å². The van der Waals surface area contributed by atoms with E-state index >= 15 is 0 Å². The predicted octanol–water partition coefficient (Wildman–Crippen LogP) is 5.30. The van der Waals surface area contributed by atoms with Crippen LogP contribution < -0.4 is 0 Å². The molecule has 134 valence electrons. The van der Waals surface area contributed by atoms with Crippen molar-refractivity contribution in [3.05, 3.63) is 0 Å². The van der Waals surface area contributed by atoms with Crippen LogP contribution in [-0.4, -0.2) is 27.0 Å². The summed E-state index contributed by atoms with van der Waals surface area (Å²) in [6.45, 7) is 13.8. The molecule has 4 heteroatoms. The van der Waals surface area contributed by atoms with Gasteiger partial charge in [0.1, 0.15) is 0 Å². The first-order chi connectivity index (χ1) is 10.5. The fraction of sp³-hybridized carbons (Fsp3) is 0.947. The molecule has 0 aromatic rings. The van der Waals surface area contributed by atoms with Gasteiger partial charge >= 0.3 is 5.97 Å². The van der Waals surface area contributed by atoms with Crippen molar-refractivity contribution >= 4 is 14.3 Å². The first-order valence-electron chi connectivity index (χ1n) is 9.27. The molecule has 3 atom stereocenters. The number of carbonyl (C=O) groups excluding carboxylic acids is 1. The number of hydrogen-bond acceptors (Lipinski definition) is 3. The van der Waals surface area contributed by atoms with Gasteiger partial charge in [0, 0.05) is 0 Å². The lowest BCUT2D eigenvalue weighted by atomic mass is 9.47. The zero-order valence-corrected chi connectivity index (χ0v) is 17.3. The third kappa shape index (κ3) is 3.13. The maximum absolute atomic E-state index is 12.4. The number of hydrogen-bond donors (Lipinski definition) is 0. The smallest absolute Gasteiger partial charge is 0.311 e. The molecule has 0 N–H and O–H groups in total. The Bertz CT molecular complexity index is 454. The molecule has 0 saturated heterocycles. The summed E-state index contributed by atoms with van der Waals surface area (Å²) in [7, 11) is -0.434. The summed E-state index contributed by atoms with van der Waals surface area (Å²) in [5.41, 5.74) is -0.175. The van der Waals surface area contributed by atoms with Crippen molar-refractivity contribution in [2.24, 2.45) is 11.3 Å². The number of esters is 1. The van der Waals surface area contributed by atoms with E-state index in [1.165, 1.54) is 32.8 Å². The van der Waals surface area contributed by atoms with E-state index in [0.29, 0.717) is 0 Å². The fourth-order valence-electron chi connectivity index (χ4n) is 4.39. The minimum atomic E-state index is -1.95. The summed E-state index contributed by atoms with van der Waals surface area (Å²) in [5.74, 6) is -0.147. The van der Waals surface area contributed by atoms with Crippen molar-refractivity contribution in [1.82, 2.24) is 0 Å². The zero-order valence-electron chi connectivity index (χ0n) is 16.3. The molecule has 0 bridgehead atoms. The van der Waals surface area contributed by atoms with Crippen LogP contribution in [-0.2, 0) is 14.0 Å². The van der Waals surface area contributed by atoms with Crippen LogP contribution in [0.2, 0.25) is 18.1 Å².